The summed E-state index contributed by atoms with van der Waals surface area (Å²) in [6, 6.07) is 4.64. The summed E-state index contributed by atoms with van der Waals surface area (Å²) in [5.74, 6) is -0.137. The van der Waals surface area contributed by atoms with Gasteiger partial charge in [0.05, 0.1) is 10.3 Å². The molecule has 0 aliphatic heterocycles. The Morgan fingerprint density at radius 3 is 2.55 bits per heavy atom. The molecule has 0 atom stereocenters. The first kappa shape index (κ1) is 15.0. The Hall–Kier alpha value is -1.44. The highest BCUT2D eigenvalue weighted by molar-refractivity contribution is 7.89. The summed E-state index contributed by atoms with van der Waals surface area (Å²) in [7, 11) is -2.18. The van der Waals surface area contributed by atoms with Gasteiger partial charge in [0.25, 0.3) is 0 Å². The molecule has 110 valence electrons. The van der Waals surface area contributed by atoms with Gasteiger partial charge >= 0.3 is 0 Å². The molecule has 1 amide bonds. The van der Waals surface area contributed by atoms with E-state index in [0.717, 1.165) is 18.4 Å². The van der Waals surface area contributed by atoms with Crippen LogP contribution in [0, 0.1) is 12.3 Å². The maximum absolute atomic E-state index is 12.2. The van der Waals surface area contributed by atoms with Crippen molar-refractivity contribution in [2.45, 2.75) is 24.7 Å². The first-order valence-corrected chi connectivity index (χ1v) is 7.89. The van der Waals surface area contributed by atoms with Crippen LogP contribution in [-0.2, 0) is 14.8 Å². The molecule has 0 spiro atoms. The highest BCUT2D eigenvalue weighted by atomic mass is 32.2. The SMILES string of the molecule is CNS(=O)(=O)c1ccc(C)c(NC(=O)C2(CN)CC2)c1. The number of carbonyl (C=O) groups is 1. The topological polar surface area (TPSA) is 101 Å². The molecule has 0 bridgehead atoms. The minimum absolute atomic E-state index is 0.124. The fraction of sp³-hybridized carbons (Fsp3) is 0.462. The van der Waals surface area contributed by atoms with Gasteiger partial charge in [-0.25, -0.2) is 13.1 Å². The first-order valence-electron chi connectivity index (χ1n) is 6.40. The van der Waals surface area contributed by atoms with Crippen LogP contribution in [-0.4, -0.2) is 27.9 Å². The second-order valence-corrected chi connectivity index (χ2v) is 7.01. The van der Waals surface area contributed by atoms with E-state index in [1.165, 1.54) is 19.2 Å². The van der Waals surface area contributed by atoms with Crippen molar-refractivity contribution >= 4 is 21.6 Å². The van der Waals surface area contributed by atoms with E-state index in [0.29, 0.717) is 12.2 Å². The monoisotopic (exact) mass is 297 g/mol. The Morgan fingerprint density at radius 2 is 2.05 bits per heavy atom. The second kappa shape index (κ2) is 5.16. The lowest BCUT2D eigenvalue weighted by molar-refractivity contribution is -0.120. The molecule has 0 aromatic heterocycles. The molecule has 1 aromatic rings. The summed E-state index contributed by atoms with van der Waals surface area (Å²) in [6.45, 7) is 2.12. The van der Waals surface area contributed by atoms with E-state index in [9.17, 15) is 13.2 Å². The Kier molecular flexibility index (Phi) is 3.86. The minimum Gasteiger partial charge on any atom is -0.329 e. The normalized spacial score (nSPS) is 16.8. The fourth-order valence-electron chi connectivity index (χ4n) is 1.95. The lowest BCUT2D eigenvalue weighted by atomic mass is 10.1. The molecular formula is C13H19N3O3S. The molecule has 0 radical (unpaired) electrons. The lowest BCUT2D eigenvalue weighted by Crippen LogP contribution is -2.31. The summed E-state index contributed by atoms with van der Waals surface area (Å²) in [6.07, 6.45) is 1.56. The van der Waals surface area contributed by atoms with Crippen LogP contribution in [0.1, 0.15) is 18.4 Å². The minimum atomic E-state index is -3.52. The van der Waals surface area contributed by atoms with Gasteiger partial charge in [0.2, 0.25) is 15.9 Å². The predicted molar refractivity (Wildman–Crippen MR) is 76.8 cm³/mol. The van der Waals surface area contributed by atoms with Crippen LogP contribution in [0.5, 0.6) is 0 Å². The molecule has 0 heterocycles. The standard InChI is InChI=1S/C13H19N3O3S/c1-9-3-4-10(20(18,19)15-2)7-11(9)16-12(17)13(8-14)5-6-13/h3-4,7,15H,5-6,8,14H2,1-2H3,(H,16,17). The number of nitrogens with one attached hydrogen (secondary N) is 2. The zero-order chi connectivity index (χ0) is 15.0. The summed E-state index contributed by atoms with van der Waals surface area (Å²) >= 11 is 0. The number of aryl methyl sites for hydroxylation is 1. The lowest BCUT2D eigenvalue weighted by Gasteiger charge is -2.15. The van der Waals surface area contributed by atoms with Gasteiger partial charge in [-0.1, -0.05) is 6.07 Å². The van der Waals surface area contributed by atoms with Crippen molar-refractivity contribution in [3.8, 4) is 0 Å². The number of rotatable bonds is 5. The molecule has 1 aliphatic carbocycles. The van der Waals surface area contributed by atoms with Crippen LogP contribution in [0.2, 0.25) is 0 Å². The summed E-state index contributed by atoms with van der Waals surface area (Å²) in [5.41, 5.74) is 6.46. The largest absolute Gasteiger partial charge is 0.329 e. The van der Waals surface area contributed by atoms with Crippen LogP contribution in [0.15, 0.2) is 23.1 Å². The van der Waals surface area contributed by atoms with Crippen LogP contribution in [0.3, 0.4) is 0 Å². The third-order valence-corrected chi connectivity index (χ3v) is 5.17. The van der Waals surface area contributed by atoms with Gasteiger partial charge < -0.3 is 11.1 Å². The quantitative estimate of drug-likeness (QED) is 0.740. The Labute approximate surface area is 118 Å². The molecule has 1 saturated carbocycles. The highest BCUT2D eigenvalue weighted by Gasteiger charge is 2.48. The number of anilines is 1. The van der Waals surface area contributed by atoms with Crippen LogP contribution in [0.4, 0.5) is 5.69 Å². The Balaban J connectivity index is 2.28. The number of sulfonamides is 1. The number of carbonyl (C=O) groups excluding carboxylic acids is 1. The molecule has 0 unspecified atom stereocenters. The Morgan fingerprint density at radius 1 is 1.40 bits per heavy atom. The average Bonchev–Trinajstić information content (AvgIpc) is 3.22. The first-order chi connectivity index (χ1) is 9.34. The van der Waals surface area contributed by atoms with E-state index >= 15 is 0 Å². The Bertz CT molecular complexity index is 636. The van der Waals surface area contributed by atoms with Gasteiger partial charge in [-0.15, -0.1) is 0 Å². The van der Waals surface area contributed by atoms with E-state index in [1.807, 2.05) is 6.92 Å². The number of benzene rings is 1. The predicted octanol–water partition coefficient (Wildman–Crippen LogP) is 0.581. The molecule has 20 heavy (non-hydrogen) atoms. The zero-order valence-corrected chi connectivity index (χ0v) is 12.4. The van der Waals surface area contributed by atoms with Gasteiger partial charge in [-0.2, -0.15) is 0 Å². The van der Waals surface area contributed by atoms with Crippen molar-refractivity contribution in [1.82, 2.24) is 4.72 Å². The number of hydrogen-bond acceptors (Lipinski definition) is 4. The van der Waals surface area contributed by atoms with E-state index < -0.39 is 15.4 Å². The number of amides is 1. The number of hydrogen-bond donors (Lipinski definition) is 3. The van der Waals surface area contributed by atoms with Crippen molar-refractivity contribution in [2.75, 3.05) is 18.9 Å². The second-order valence-electron chi connectivity index (χ2n) is 5.12. The average molecular weight is 297 g/mol. The van der Waals surface area contributed by atoms with Gasteiger partial charge in [-0.3, -0.25) is 4.79 Å². The van der Waals surface area contributed by atoms with E-state index in [1.54, 1.807) is 6.07 Å². The maximum Gasteiger partial charge on any atom is 0.240 e. The molecule has 1 aromatic carbocycles. The highest BCUT2D eigenvalue weighted by Crippen LogP contribution is 2.45. The van der Waals surface area contributed by atoms with Gasteiger partial charge in [0.1, 0.15) is 0 Å². The molecular weight excluding hydrogens is 278 g/mol. The van der Waals surface area contributed by atoms with Crippen LogP contribution >= 0.6 is 0 Å². The van der Waals surface area contributed by atoms with Crippen molar-refractivity contribution in [1.29, 1.82) is 0 Å². The third kappa shape index (κ3) is 2.70. The van der Waals surface area contributed by atoms with E-state index in [-0.39, 0.29) is 10.8 Å². The van der Waals surface area contributed by atoms with Crippen molar-refractivity contribution in [3.63, 3.8) is 0 Å². The van der Waals surface area contributed by atoms with Crippen LogP contribution in [0.25, 0.3) is 0 Å². The number of nitrogens with two attached hydrogens (primary N) is 1. The molecule has 7 heteroatoms. The summed E-state index contributed by atoms with van der Waals surface area (Å²) in [5, 5.41) is 2.79. The molecule has 1 fully saturated rings. The van der Waals surface area contributed by atoms with E-state index in [2.05, 4.69) is 10.0 Å². The molecule has 0 saturated heterocycles. The van der Waals surface area contributed by atoms with Gasteiger partial charge in [-0.05, 0) is 44.5 Å². The summed E-state index contributed by atoms with van der Waals surface area (Å²) in [4.78, 5) is 12.3. The van der Waals surface area contributed by atoms with E-state index in [4.69, 9.17) is 5.73 Å². The smallest absolute Gasteiger partial charge is 0.240 e. The van der Waals surface area contributed by atoms with Gasteiger partial charge in [0.15, 0.2) is 0 Å². The summed E-state index contributed by atoms with van der Waals surface area (Å²) < 4.78 is 25.8. The zero-order valence-electron chi connectivity index (χ0n) is 11.6. The van der Waals surface area contributed by atoms with Crippen LogP contribution < -0.4 is 15.8 Å². The molecule has 6 nitrogen and oxygen atoms in total. The van der Waals surface area contributed by atoms with Crippen molar-refractivity contribution in [3.05, 3.63) is 23.8 Å². The fourth-order valence-corrected chi connectivity index (χ4v) is 2.71. The molecule has 1 aliphatic rings. The maximum atomic E-state index is 12.2. The molecule has 2 rings (SSSR count). The van der Waals surface area contributed by atoms with Crippen molar-refractivity contribution < 1.29 is 13.2 Å². The van der Waals surface area contributed by atoms with Gasteiger partial charge in [0, 0.05) is 12.2 Å². The van der Waals surface area contributed by atoms with Crippen molar-refractivity contribution in [2.24, 2.45) is 11.1 Å². The molecule has 4 N–H and O–H groups in total. The third-order valence-electron chi connectivity index (χ3n) is 3.76.